The quantitative estimate of drug-likeness (QED) is 0.353. The molecule has 172 valence electrons. The second-order valence-corrected chi connectivity index (χ2v) is 8.80. The van der Waals surface area contributed by atoms with E-state index >= 15 is 0 Å². The zero-order chi connectivity index (χ0) is 23.8. The van der Waals surface area contributed by atoms with Crippen molar-refractivity contribution in [2.45, 2.75) is 11.3 Å². The maximum absolute atomic E-state index is 12.5. The van der Waals surface area contributed by atoms with Crippen molar-refractivity contribution in [3.05, 3.63) is 76.3 Å². The number of anilines is 2. The van der Waals surface area contributed by atoms with Gasteiger partial charge in [-0.05, 0) is 42.0 Å². The molecule has 0 saturated carbocycles. The number of hydrogen-bond acceptors (Lipinski definition) is 5. The highest BCUT2D eigenvalue weighted by atomic mass is 35.5. The smallest absolute Gasteiger partial charge is 0.234 e. The van der Waals surface area contributed by atoms with Gasteiger partial charge in [0, 0.05) is 21.7 Å². The van der Waals surface area contributed by atoms with Gasteiger partial charge in [0.1, 0.15) is 11.5 Å². The zero-order valence-corrected chi connectivity index (χ0v) is 20.3. The number of ether oxygens (including phenoxy) is 2. The maximum Gasteiger partial charge on any atom is 0.234 e. The fourth-order valence-corrected chi connectivity index (χ4v) is 4.07. The van der Waals surface area contributed by atoms with Crippen molar-refractivity contribution in [2.24, 2.45) is 0 Å². The second kappa shape index (κ2) is 11.8. The molecule has 0 fully saturated rings. The number of hydrogen-bond donors (Lipinski definition) is 2. The Kier molecular flexibility index (Phi) is 8.88. The third kappa shape index (κ3) is 7.32. The number of nitrogens with one attached hydrogen (secondary N) is 2. The van der Waals surface area contributed by atoms with Crippen molar-refractivity contribution in [3.63, 3.8) is 0 Å². The summed E-state index contributed by atoms with van der Waals surface area (Å²) < 4.78 is 10.5. The molecular weight excluding hydrogens is 483 g/mol. The summed E-state index contributed by atoms with van der Waals surface area (Å²) in [5, 5.41) is 6.66. The van der Waals surface area contributed by atoms with Crippen LogP contribution in [0.15, 0.2) is 65.6 Å². The third-order valence-corrected chi connectivity index (χ3v) is 6.05. The molecule has 2 amide bonds. The van der Waals surface area contributed by atoms with Crippen molar-refractivity contribution in [1.82, 2.24) is 0 Å². The summed E-state index contributed by atoms with van der Waals surface area (Å²) in [6.07, 6.45) is 0.239. The van der Waals surface area contributed by atoms with Crippen LogP contribution < -0.4 is 20.1 Å². The van der Waals surface area contributed by atoms with E-state index in [1.165, 1.54) is 26.0 Å². The number of rotatable bonds is 9. The average molecular weight is 505 g/mol. The molecular formula is C24H22Cl2N2O4S. The van der Waals surface area contributed by atoms with Crippen molar-refractivity contribution >= 4 is 58.2 Å². The van der Waals surface area contributed by atoms with Crippen LogP contribution in [-0.2, 0) is 16.0 Å². The molecule has 0 saturated heterocycles. The minimum atomic E-state index is -0.225. The second-order valence-electron chi connectivity index (χ2n) is 6.90. The highest BCUT2D eigenvalue weighted by Gasteiger charge is 2.13. The molecule has 6 nitrogen and oxygen atoms in total. The van der Waals surface area contributed by atoms with Gasteiger partial charge in [0.15, 0.2) is 0 Å². The minimum Gasteiger partial charge on any atom is -0.495 e. The normalized spacial score (nSPS) is 10.4. The number of carbonyl (C=O) groups is 2. The van der Waals surface area contributed by atoms with Crippen molar-refractivity contribution in [3.8, 4) is 11.5 Å². The van der Waals surface area contributed by atoms with Crippen LogP contribution in [0.4, 0.5) is 11.4 Å². The van der Waals surface area contributed by atoms with Crippen LogP contribution >= 0.6 is 35.0 Å². The number of amides is 2. The van der Waals surface area contributed by atoms with Crippen LogP contribution in [0.1, 0.15) is 5.56 Å². The Morgan fingerprint density at radius 3 is 2.30 bits per heavy atom. The number of methoxy groups -OCH3 is 2. The molecule has 3 aromatic carbocycles. The Labute approximate surface area is 206 Å². The standard InChI is InChI=1S/C24H22Cl2N2O4S/c1-31-21-13-22(32-2)20(12-19(21)26)28-24(30)14-33-18-5-3-4-17(11-18)27-23(29)10-15-6-8-16(25)9-7-15/h3-9,11-13H,10,14H2,1-2H3,(H,27,29)(H,28,30). The zero-order valence-electron chi connectivity index (χ0n) is 18.0. The van der Waals surface area contributed by atoms with E-state index in [1.807, 2.05) is 30.3 Å². The van der Waals surface area contributed by atoms with Crippen LogP contribution in [0, 0.1) is 0 Å². The molecule has 2 N–H and O–H groups in total. The Morgan fingerprint density at radius 2 is 1.61 bits per heavy atom. The molecule has 0 radical (unpaired) electrons. The summed E-state index contributed by atoms with van der Waals surface area (Å²) >= 11 is 13.4. The van der Waals surface area contributed by atoms with Gasteiger partial charge in [-0.25, -0.2) is 0 Å². The number of benzene rings is 3. The van der Waals surface area contributed by atoms with Gasteiger partial charge in [-0.15, -0.1) is 11.8 Å². The van der Waals surface area contributed by atoms with Crippen LogP contribution in [0.3, 0.4) is 0 Å². The third-order valence-electron chi connectivity index (χ3n) is 4.51. The Bertz CT molecular complexity index is 1140. The van der Waals surface area contributed by atoms with Crippen LogP contribution in [0.5, 0.6) is 11.5 Å². The molecule has 0 aliphatic rings. The molecule has 0 aliphatic carbocycles. The molecule has 0 spiro atoms. The van der Waals surface area contributed by atoms with E-state index in [4.69, 9.17) is 32.7 Å². The van der Waals surface area contributed by atoms with Crippen molar-refractivity contribution < 1.29 is 19.1 Å². The van der Waals surface area contributed by atoms with Gasteiger partial charge < -0.3 is 20.1 Å². The van der Waals surface area contributed by atoms with E-state index in [-0.39, 0.29) is 24.0 Å². The Morgan fingerprint density at radius 1 is 0.879 bits per heavy atom. The van der Waals surface area contributed by atoms with E-state index < -0.39 is 0 Å². The Balaban J connectivity index is 1.56. The number of thioether (sulfide) groups is 1. The highest BCUT2D eigenvalue weighted by molar-refractivity contribution is 8.00. The molecule has 0 bridgehead atoms. The van der Waals surface area contributed by atoms with Crippen LogP contribution in [0.25, 0.3) is 0 Å². The van der Waals surface area contributed by atoms with E-state index in [0.717, 1.165) is 10.5 Å². The minimum absolute atomic E-state index is 0.138. The van der Waals surface area contributed by atoms with Crippen LogP contribution in [-0.4, -0.2) is 31.8 Å². The SMILES string of the molecule is COc1cc(OC)c(NC(=O)CSc2cccc(NC(=O)Cc3ccc(Cl)cc3)c2)cc1Cl. The summed E-state index contributed by atoms with van der Waals surface area (Å²) in [6, 6.07) is 17.7. The van der Waals surface area contributed by atoms with Gasteiger partial charge in [0.05, 0.1) is 37.1 Å². The highest BCUT2D eigenvalue weighted by Crippen LogP contribution is 2.36. The summed E-state index contributed by atoms with van der Waals surface area (Å²) in [5.41, 5.74) is 1.98. The van der Waals surface area contributed by atoms with E-state index in [9.17, 15) is 9.59 Å². The number of carbonyl (C=O) groups excluding carboxylic acids is 2. The van der Waals surface area contributed by atoms with Gasteiger partial charge in [0.2, 0.25) is 11.8 Å². The molecule has 0 unspecified atom stereocenters. The fourth-order valence-electron chi connectivity index (χ4n) is 2.95. The molecule has 0 atom stereocenters. The van der Waals surface area contributed by atoms with Gasteiger partial charge in [-0.3, -0.25) is 9.59 Å². The fraction of sp³-hybridized carbons (Fsp3) is 0.167. The summed E-state index contributed by atoms with van der Waals surface area (Å²) in [5.74, 6) is 0.697. The first-order chi connectivity index (χ1) is 15.9. The average Bonchev–Trinajstić information content (AvgIpc) is 2.79. The monoisotopic (exact) mass is 504 g/mol. The lowest BCUT2D eigenvalue weighted by Crippen LogP contribution is -2.15. The molecule has 9 heteroatoms. The largest absolute Gasteiger partial charge is 0.495 e. The van der Waals surface area contributed by atoms with Crippen LogP contribution in [0.2, 0.25) is 10.0 Å². The lowest BCUT2D eigenvalue weighted by Gasteiger charge is -2.13. The van der Waals surface area contributed by atoms with Crippen molar-refractivity contribution in [1.29, 1.82) is 0 Å². The van der Waals surface area contributed by atoms with Gasteiger partial charge in [-0.1, -0.05) is 41.4 Å². The number of halogens is 2. The lowest BCUT2D eigenvalue weighted by molar-refractivity contribution is -0.115. The first-order valence-electron chi connectivity index (χ1n) is 9.86. The van der Waals surface area contributed by atoms with Gasteiger partial charge in [0.25, 0.3) is 0 Å². The van der Waals surface area contributed by atoms with E-state index in [0.29, 0.717) is 32.9 Å². The molecule has 33 heavy (non-hydrogen) atoms. The first kappa shape index (κ1) is 24.8. The summed E-state index contributed by atoms with van der Waals surface area (Å²) in [6.45, 7) is 0. The molecule has 3 aromatic rings. The van der Waals surface area contributed by atoms with Gasteiger partial charge in [-0.2, -0.15) is 0 Å². The molecule has 3 rings (SSSR count). The predicted molar refractivity (Wildman–Crippen MR) is 134 cm³/mol. The summed E-state index contributed by atoms with van der Waals surface area (Å²) in [4.78, 5) is 25.6. The van der Waals surface area contributed by atoms with Gasteiger partial charge >= 0.3 is 0 Å². The van der Waals surface area contributed by atoms with E-state index in [2.05, 4.69) is 10.6 Å². The molecule has 0 aliphatic heterocycles. The lowest BCUT2D eigenvalue weighted by atomic mass is 10.1. The van der Waals surface area contributed by atoms with Crippen molar-refractivity contribution in [2.75, 3.05) is 30.6 Å². The first-order valence-corrected chi connectivity index (χ1v) is 11.6. The summed E-state index contributed by atoms with van der Waals surface area (Å²) in [7, 11) is 3.00. The predicted octanol–water partition coefficient (Wildman–Crippen LogP) is 5.92. The molecule has 0 aromatic heterocycles. The Hall–Kier alpha value is -2.87. The molecule has 0 heterocycles. The van der Waals surface area contributed by atoms with E-state index in [1.54, 1.807) is 30.3 Å². The topological polar surface area (TPSA) is 76.7 Å². The maximum atomic E-state index is 12.5.